The molecule has 1 aromatic carbocycles. The minimum atomic E-state index is 0.173. The van der Waals surface area contributed by atoms with Crippen molar-refractivity contribution in [2.45, 2.75) is 16.3 Å². The van der Waals surface area contributed by atoms with Crippen LogP contribution in [0.1, 0.15) is 5.56 Å². The molecule has 0 fully saturated rings. The van der Waals surface area contributed by atoms with Gasteiger partial charge in [0.15, 0.2) is 0 Å². The number of aromatic nitrogens is 1. The van der Waals surface area contributed by atoms with E-state index in [-0.39, 0.29) is 6.61 Å². The number of rotatable bonds is 4. The van der Waals surface area contributed by atoms with E-state index >= 15 is 0 Å². The Labute approximate surface area is 99.4 Å². The number of nitrogens with zero attached hydrogens (tertiary/aromatic N) is 1. The Morgan fingerprint density at radius 2 is 1.88 bits per heavy atom. The lowest BCUT2D eigenvalue weighted by Gasteiger charge is -2.02. The molecule has 0 saturated carbocycles. The highest BCUT2D eigenvalue weighted by molar-refractivity contribution is 7.99. The predicted molar refractivity (Wildman–Crippen MR) is 65.6 cm³/mol. The fourth-order valence-electron chi connectivity index (χ4n) is 1.36. The zero-order chi connectivity index (χ0) is 11.2. The Kier molecular flexibility index (Phi) is 3.97. The minimum Gasteiger partial charge on any atom is -0.396 e. The Morgan fingerprint density at radius 3 is 2.50 bits per heavy atom. The van der Waals surface area contributed by atoms with Gasteiger partial charge in [-0.3, -0.25) is 0 Å². The molecule has 1 heterocycles. The van der Waals surface area contributed by atoms with Crippen LogP contribution in [0.25, 0.3) is 0 Å². The number of aliphatic hydroxyl groups excluding tert-OH is 1. The molecular weight excluding hydrogens is 218 g/mol. The summed E-state index contributed by atoms with van der Waals surface area (Å²) < 4.78 is 0. The standard InChI is InChI=1S/C13H13NOS/c15-9-8-11-6-7-13(14-10-11)16-12-4-2-1-3-5-12/h1-7,10,15H,8-9H2. The molecule has 0 saturated heterocycles. The van der Waals surface area contributed by atoms with E-state index in [0.29, 0.717) is 6.42 Å². The van der Waals surface area contributed by atoms with Gasteiger partial charge in [-0.1, -0.05) is 36.0 Å². The fraction of sp³-hybridized carbons (Fsp3) is 0.154. The number of hydrogen-bond donors (Lipinski definition) is 1. The first-order chi connectivity index (χ1) is 7.88. The highest BCUT2D eigenvalue weighted by atomic mass is 32.2. The molecule has 1 aromatic heterocycles. The van der Waals surface area contributed by atoms with E-state index in [1.54, 1.807) is 11.8 Å². The van der Waals surface area contributed by atoms with Crippen LogP contribution in [0.3, 0.4) is 0 Å². The molecule has 82 valence electrons. The smallest absolute Gasteiger partial charge is 0.101 e. The first-order valence-electron chi connectivity index (χ1n) is 5.17. The summed E-state index contributed by atoms with van der Waals surface area (Å²) in [6.07, 6.45) is 2.49. The van der Waals surface area contributed by atoms with Crippen molar-refractivity contribution >= 4 is 11.8 Å². The quantitative estimate of drug-likeness (QED) is 0.878. The van der Waals surface area contributed by atoms with Crippen LogP contribution >= 0.6 is 11.8 Å². The Bertz CT molecular complexity index is 427. The summed E-state index contributed by atoms with van der Waals surface area (Å²) in [4.78, 5) is 5.53. The maximum atomic E-state index is 8.79. The largest absolute Gasteiger partial charge is 0.396 e. The van der Waals surface area contributed by atoms with Crippen molar-refractivity contribution in [1.82, 2.24) is 4.98 Å². The second kappa shape index (κ2) is 5.68. The number of pyridine rings is 1. The van der Waals surface area contributed by atoms with Crippen LogP contribution in [0, 0.1) is 0 Å². The highest BCUT2D eigenvalue weighted by Gasteiger charge is 1.98. The summed E-state index contributed by atoms with van der Waals surface area (Å²) in [5.74, 6) is 0. The molecule has 0 aliphatic carbocycles. The highest BCUT2D eigenvalue weighted by Crippen LogP contribution is 2.25. The first kappa shape index (κ1) is 11.2. The van der Waals surface area contributed by atoms with Crippen molar-refractivity contribution in [3.8, 4) is 0 Å². The summed E-state index contributed by atoms with van der Waals surface area (Å²) in [5, 5.41) is 9.77. The van der Waals surface area contributed by atoms with Gasteiger partial charge in [0, 0.05) is 17.7 Å². The van der Waals surface area contributed by atoms with Crippen LogP contribution in [-0.2, 0) is 6.42 Å². The third kappa shape index (κ3) is 3.08. The molecule has 16 heavy (non-hydrogen) atoms. The Balaban J connectivity index is 2.05. The van der Waals surface area contributed by atoms with E-state index in [0.717, 1.165) is 10.6 Å². The van der Waals surface area contributed by atoms with Gasteiger partial charge in [0.25, 0.3) is 0 Å². The molecule has 2 aromatic rings. The SMILES string of the molecule is OCCc1ccc(Sc2ccccc2)nc1. The third-order valence-electron chi connectivity index (χ3n) is 2.16. The molecule has 0 aliphatic rings. The molecule has 0 atom stereocenters. The van der Waals surface area contributed by atoms with E-state index < -0.39 is 0 Å². The average Bonchev–Trinajstić information content (AvgIpc) is 2.33. The van der Waals surface area contributed by atoms with Crippen LogP contribution < -0.4 is 0 Å². The first-order valence-corrected chi connectivity index (χ1v) is 5.99. The average molecular weight is 231 g/mol. The van der Waals surface area contributed by atoms with Crippen molar-refractivity contribution in [3.63, 3.8) is 0 Å². The monoisotopic (exact) mass is 231 g/mol. The van der Waals surface area contributed by atoms with Gasteiger partial charge >= 0.3 is 0 Å². The summed E-state index contributed by atoms with van der Waals surface area (Å²) in [7, 11) is 0. The normalized spacial score (nSPS) is 10.3. The van der Waals surface area contributed by atoms with Crippen LogP contribution in [0.15, 0.2) is 58.6 Å². The predicted octanol–water partition coefficient (Wildman–Crippen LogP) is 2.77. The lowest BCUT2D eigenvalue weighted by molar-refractivity contribution is 0.299. The second-order valence-electron chi connectivity index (χ2n) is 3.39. The van der Waals surface area contributed by atoms with Crippen LogP contribution in [0.5, 0.6) is 0 Å². The second-order valence-corrected chi connectivity index (χ2v) is 4.49. The van der Waals surface area contributed by atoms with Crippen molar-refractivity contribution in [2.75, 3.05) is 6.61 Å². The van der Waals surface area contributed by atoms with E-state index in [1.165, 1.54) is 4.90 Å². The van der Waals surface area contributed by atoms with Gasteiger partial charge < -0.3 is 5.11 Å². The van der Waals surface area contributed by atoms with Gasteiger partial charge in [-0.25, -0.2) is 4.98 Å². The molecule has 2 nitrogen and oxygen atoms in total. The van der Waals surface area contributed by atoms with Crippen LogP contribution in [0.4, 0.5) is 0 Å². The molecular formula is C13H13NOS. The van der Waals surface area contributed by atoms with Gasteiger partial charge in [-0.2, -0.15) is 0 Å². The Hall–Kier alpha value is -1.32. The molecule has 0 spiro atoms. The summed E-state index contributed by atoms with van der Waals surface area (Å²) in [5.41, 5.74) is 1.07. The van der Waals surface area contributed by atoms with Gasteiger partial charge in [-0.15, -0.1) is 0 Å². The minimum absolute atomic E-state index is 0.173. The van der Waals surface area contributed by atoms with Crippen LogP contribution in [0.2, 0.25) is 0 Å². The van der Waals surface area contributed by atoms with Gasteiger partial charge in [0.1, 0.15) is 5.03 Å². The Morgan fingerprint density at radius 1 is 1.06 bits per heavy atom. The van der Waals surface area contributed by atoms with Crippen molar-refractivity contribution in [1.29, 1.82) is 0 Å². The molecule has 1 N–H and O–H groups in total. The number of benzene rings is 1. The van der Waals surface area contributed by atoms with Crippen molar-refractivity contribution < 1.29 is 5.11 Å². The molecule has 3 heteroatoms. The lowest BCUT2D eigenvalue weighted by Crippen LogP contribution is -1.91. The maximum Gasteiger partial charge on any atom is 0.101 e. The zero-order valence-corrected chi connectivity index (χ0v) is 9.65. The maximum absolute atomic E-state index is 8.79. The molecule has 0 bridgehead atoms. The molecule has 2 rings (SSSR count). The molecule has 0 aliphatic heterocycles. The number of aliphatic hydroxyl groups is 1. The summed E-state index contributed by atoms with van der Waals surface area (Å²) in [6, 6.07) is 14.2. The van der Waals surface area contributed by atoms with Crippen molar-refractivity contribution in [3.05, 3.63) is 54.2 Å². The van der Waals surface area contributed by atoms with Gasteiger partial charge in [-0.05, 0) is 30.2 Å². The summed E-state index contributed by atoms with van der Waals surface area (Å²) >= 11 is 1.64. The molecule has 0 radical (unpaired) electrons. The van der Waals surface area contributed by atoms with E-state index in [2.05, 4.69) is 17.1 Å². The molecule has 0 amide bonds. The van der Waals surface area contributed by atoms with Crippen molar-refractivity contribution in [2.24, 2.45) is 0 Å². The number of hydrogen-bond acceptors (Lipinski definition) is 3. The van der Waals surface area contributed by atoms with E-state index in [1.807, 2.05) is 36.5 Å². The lowest BCUT2D eigenvalue weighted by atomic mass is 10.2. The van der Waals surface area contributed by atoms with E-state index in [9.17, 15) is 0 Å². The third-order valence-corrected chi connectivity index (χ3v) is 3.12. The summed E-state index contributed by atoms with van der Waals surface area (Å²) in [6.45, 7) is 0.173. The van der Waals surface area contributed by atoms with Crippen LogP contribution in [-0.4, -0.2) is 16.7 Å². The topological polar surface area (TPSA) is 33.1 Å². The van der Waals surface area contributed by atoms with E-state index in [4.69, 9.17) is 5.11 Å². The fourth-order valence-corrected chi connectivity index (χ4v) is 2.13. The van der Waals surface area contributed by atoms with Gasteiger partial charge in [0.2, 0.25) is 0 Å². The zero-order valence-electron chi connectivity index (χ0n) is 8.84. The van der Waals surface area contributed by atoms with Gasteiger partial charge in [0.05, 0.1) is 0 Å². The molecule has 0 unspecified atom stereocenters.